The maximum Gasteiger partial charge on any atom is 0.223 e. The number of rotatable bonds is 4. The van der Waals surface area contributed by atoms with Crippen LogP contribution in [0.1, 0.15) is 32.4 Å². The summed E-state index contributed by atoms with van der Waals surface area (Å²) in [5.41, 5.74) is 0.600. The van der Waals surface area contributed by atoms with Crippen LogP contribution in [0.2, 0.25) is 0 Å². The van der Waals surface area contributed by atoms with Crippen molar-refractivity contribution in [3.63, 3.8) is 0 Å². The van der Waals surface area contributed by atoms with Gasteiger partial charge in [-0.2, -0.15) is 0 Å². The predicted molar refractivity (Wildman–Crippen MR) is 86.6 cm³/mol. The third-order valence-corrected chi connectivity index (χ3v) is 4.50. The lowest BCUT2D eigenvalue weighted by molar-refractivity contribution is -0.0711. The first-order valence-electron chi connectivity index (χ1n) is 8.43. The van der Waals surface area contributed by atoms with E-state index in [-0.39, 0.29) is 29.5 Å². The minimum atomic E-state index is -0.321. The molecule has 6 heteroatoms. The molecule has 3 rings (SSSR count). The molecular formula is C17H26N2O4. The Morgan fingerprint density at radius 1 is 1.30 bits per heavy atom. The van der Waals surface area contributed by atoms with Gasteiger partial charge in [0.05, 0.1) is 24.5 Å². The van der Waals surface area contributed by atoms with Crippen molar-refractivity contribution in [2.24, 2.45) is 0 Å². The molecule has 1 aromatic rings. The lowest BCUT2D eigenvalue weighted by atomic mass is 10.2. The fourth-order valence-corrected chi connectivity index (χ4v) is 3.56. The van der Waals surface area contributed by atoms with Crippen molar-refractivity contribution in [2.75, 3.05) is 19.7 Å². The molecule has 0 amide bonds. The van der Waals surface area contributed by atoms with Gasteiger partial charge in [-0.3, -0.25) is 9.69 Å². The maximum atomic E-state index is 11.9. The van der Waals surface area contributed by atoms with Crippen molar-refractivity contribution >= 4 is 0 Å². The van der Waals surface area contributed by atoms with Gasteiger partial charge in [0.2, 0.25) is 5.43 Å². The summed E-state index contributed by atoms with van der Waals surface area (Å²) < 4.78 is 13.4. The van der Waals surface area contributed by atoms with Crippen molar-refractivity contribution in [1.82, 2.24) is 9.47 Å². The van der Waals surface area contributed by atoms with Gasteiger partial charge in [-0.1, -0.05) is 0 Å². The Morgan fingerprint density at radius 2 is 2.04 bits per heavy atom. The average Bonchev–Trinajstić information content (AvgIpc) is 2.96. The normalized spacial score (nSPS) is 29.0. The molecule has 2 aliphatic rings. The monoisotopic (exact) mass is 322 g/mol. The van der Waals surface area contributed by atoms with E-state index in [1.165, 1.54) is 0 Å². The Morgan fingerprint density at radius 3 is 2.70 bits per heavy atom. The molecular weight excluding hydrogens is 296 g/mol. The number of hydrogen-bond acceptors (Lipinski definition) is 5. The first-order chi connectivity index (χ1) is 11.0. The van der Waals surface area contributed by atoms with Crippen LogP contribution in [0.25, 0.3) is 0 Å². The van der Waals surface area contributed by atoms with Gasteiger partial charge in [0, 0.05) is 44.5 Å². The lowest BCUT2D eigenvalue weighted by Gasteiger charge is -2.35. The Hall–Kier alpha value is -1.37. The molecule has 3 heterocycles. The molecule has 23 heavy (non-hydrogen) atoms. The predicted octanol–water partition coefficient (Wildman–Crippen LogP) is 1.34. The first-order valence-corrected chi connectivity index (χ1v) is 8.43. The zero-order valence-corrected chi connectivity index (χ0v) is 13.9. The van der Waals surface area contributed by atoms with Crippen molar-refractivity contribution in [3.05, 3.63) is 28.2 Å². The molecule has 0 saturated carbocycles. The number of nitrogens with zero attached hydrogens (tertiary/aromatic N) is 2. The second-order valence-electron chi connectivity index (χ2n) is 6.75. The molecule has 0 spiro atoms. The highest BCUT2D eigenvalue weighted by Gasteiger charge is 2.24. The van der Waals surface area contributed by atoms with Gasteiger partial charge in [0.25, 0.3) is 0 Å². The fourth-order valence-electron chi connectivity index (χ4n) is 3.56. The molecule has 0 bridgehead atoms. The maximum absolute atomic E-state index is 11.9. The molecule has 1 aromatic heterocycles. The third kappa shape index (κ3) is 4.13. The van der Waals surface area contributed by atoms with E-state index < -0.39 is 0 Å². The Kier molecular flexibility index (Phi) is 5.04. The van der Waals surface area contributed by atoms with Gasteiger partial charge < -0.3 is 19.1 Å². The van der Waals surface area contributed by atoms with Gasteiger partial charge in [0.1, 0.15) is 0 Å². The highest BCUT2D eigenvalue weighted by molar-refractivity contribution is 5.20. The summed E-state index contributed by atoms with van der Waals surface area (Å²) in [5, 5.41) is 9.78. The molecule has 2 fully saturated rings. The summed E-state index contributed by atoms with van der Waals surface area (Å²) in [7, 11) is 0. The van der Waals surface area contributed by atoms with Crippen LogP contribution in [0.15, 0.2) is 17.1 Å². The second kappa shape index (κ2) is 7.03. The summed E-state index contributed by atoms with van der Waals surface area (Å²) >= 11 is 0. The van der Waals surface area contributed by atoms with Crippen LogP contribution in [-0.4, -0.2) is 52.6 Å². The Labute approximate surface area is 136 Å². The van der Waals surface area contributed by atoms with Gasteiger partial charge in [-0.15, -0.1) is 0 Å². The van der Waals surface area contributed by atoms with Crippen LogP contribution in [0, 0.1) is 0 Å². The number of ether oxygens (including phenoxy) is 2. The topological polar surface area (TPSA) is 63.9 Å². The van der Waals surface area contributed by atoms with Crippen LogP contribution >= 0.6 is 0 Å². The van der Waals surface area contributed by atoms with Gasteiger partial charge in [-0.25, -0.2) is 0 Å². The minimum absolute atomic E-state index is 0.165. The number of aromatic hydroxyl groups is 1. The molecule has 6 nitrogen and oxygen atoms in total. The molecule has 1 N–H and O–H groups in total. The minimum Gasteiger partial charge on any atom is -0.503 e. The Bertz CT molecular complexity index is 585. The average molecular weight is 322 g/mol. The highest BCUT2D eigenvalue weighted by atomic mass is 16.5. The molecule has 0 radical (unpaired) electrons. The second-order valence-corrected chi connectivity index (χ2v) is 6.75. The van der Waals surface area contributed by atoms with Crippen molar-refractivity contribution < 1.29 is 14.6 Å². The largest absolute Gasteiger partial charge is 0.503 e. The van der Waals surface area contributed by atoms with Crippen LogP contribution < -0.4 is 5.43 Å². The molecule has 0 aromatic carbocycles. The lowest BCUT2D eigenvalue weighted by Crippen LogP contribution is -2.45. The number of pyridine rings is 1. The van der Waals surface area contributed by atoms with E-state index in [2.05, 4.69) is 18.7 Å². The van der Waals surface area contributed by atoms with Crippen molar-refractivity contribution in [2.45, 2.75) is 58.1 Å². The van der Waals surface area contributed by atoms with Gasteiger partial charge in [-0.05, 0) is 26.7 Å². The van der Waals surface area contributed by atoms with Crippen molar-refractivity contribution in [1.29, 1.82) is 0 Å². The number of morpholine rings is 1. The summed E-state index contributed by atoms with van der Waals surface area (Å²) in [4.78, 5) is 14.2. The van der Waals surface area contributed by atoms with Crippen LogP contribution in [0.4, 0.5) is 0 Å². The van der Waals surface area contributed by atoms with E-state index in [9.17, 15) is 9.90 Å². The fraction of sp³-hybridized carbons (Fsp3) is 0.706. The van der Waals surface area contributed by atoms with Gasteiger partial charge in [0.15, 0.2) is 5.75 Å². The van der Waals surface area contributed by atoms with E-state index in [1.54, 1.807) is 12.3 Å². The molecule has 0 aliphatic carbocycles. The smallest absolute Gasteiger partial charge is 0.223 e. The molecule has 3 unspecified atom stereocenters. The van der Waals surface area contributed by atoms with Gasteiger partial charge >= 0.3 is 0 Å². The quantitative estimate of drug-likeness (QED) is 0.906. The molecule has 2 aliphatic heterocycles. The van der Waals surface area contributed by atoms with Crippen LogP contribution in [0.3, 0.4) is 0 Å². The van der Waals surface area contributed by atoms with E-state index in [0.717, 1.165) is 38.2 Å². The summed E-state index contributed by atoms with van der Waals surface area (Å²) in [6.07, 6.45) is 4.19. The zero-order valence-electron chi connectivity index (χ0n) is 13.9. The Balaban J connectivity index is 1.78. The van der Waals surface area contributed by atoms with Crippen LogP contribution in [0.5, 0.6) is 5.75 Å². The molecule has 128 valence electrons. The summed E-state index contributed by atoms with van der Waals surface area (Å²) in [6.45, 7) is 7.99. The summed E-state index contributed by atoms with van der Waals surface area (Å²) in [5.74, 6) is -0.199. The number of hydrogen-bond donors (Lipinski definition) is 1. The third-order valence-electron chi connectivity index (χ3n) is 4.50. The van der Waals surface area contributed by atoms with E-state index in [1.807, 2.05) is 4.57 Å². The van der Waals surface area contributed by atoms with E-state index >= 15 is 0 Å². The van der Waals surface area contributed by atoms with E-state index in [0.29, 0.717) is 13.1 Å². The first kappa shape index (κ1) is 16.5. The highest BCUT2D eigenvalue weighted by Crippen LogP contribution is 2.18. The van der Waals surface area contributed by atoms with E-state index in [4.69, 9.17) is 9.47 Å². The zero-order chi connectivity index (χ0) is 16.4. The molecule has 3 atom stereocenters. The van der Waals surface area contributed by atoms with Crippen molar-refractivity contribution in [3.8, 4) is 5.75 Å². The summed E-state index contributed by atoms with van der Waals surface area (Å²) in [6, 6.07) is 1.55. The standard InChI is InChI=1S/C17H26N2O4/c1-12-7-18(8-13(2)23-12)9-14-6-16(20)17(21)11-19(14)10-15-4-3-5-22-15/h6,11-13,15,21H,3-5,7-10H2,1-2H3. The van der Waals surface area contributed by atoms with Crippen LogP contribution in [-0.2, 0) is 22.6 Å². The molecule has 2 saturated heterocycles. The number of aromatic nitrogens is 1. The SMILES string of the molecule is CC1CN(Cc2cc(=O)c(O)cn2CC2CCCO2)CC(C)O1.